The Hall–Kier alpha value is -2.92. The van der Waals surface area contributed by atoms with Gasteiger partial charge in [-0.1, -0.05) is 60.7 Å². The number of hydrogen-bond acceptors (Lipinski definition) is 2. The van der Waals surface area contributed by atoms with Gasteiger partial charge in [-0.3, -0.25) is 10.4 Å². The summed E-state index contributed by atoms with van der Waals surface area (Å²) in [5.74, 6) is 0. The van der Waals surface area contributed by atoms with Crippen molar-refractivity contribution < 1.29 is 9.69 Å². The summed E-state index contributed by atoms with van der Waals surface area (Å²) in [6.07, 6.45) is 0.831. The van der Waals surface area contributed by atoms with E-state index in [0.717, 1.165) is 45.9 Å². The maximum atomic E-state index is 12.8. The van der Waals surface area contributed by atoms with E-state index >= 15 is 0 Å². The predicted octanol–water partition coefficient (Wildman–Crippen LogP) is 2.49. The topological polar surface area (TPSA) is 62.2 Å². The molecule has 1 aliphatic heterocycles. The van der Waals surface area contributed by atoms with Crippen molar-refractivity contribution in [2.24, 2.45) is 0 Å². The van der Waals surface area contributed by atoms with Gasteiger partial charge in [0.1, 0.15) is 12.2 Å². The fourth-order valence-electron chi connectivity index (χ4n) is 3.53. The quantitative estimate of drug-likeness (QED) is 0.682. The third-order valence-electron chi connectivity index (χ3n) is 5.04. The molecule has 0 spiro atoms. The van der Waals surface area contributed by atoms with Gasteiger partial charge in [-0.2, -0.15) is 5.10 Å². The highest BCUT2D eigenvalue weighted by Gasteiger charge is 2.30. The summed E-state index contributed by atoms with van der Waals surface area (Å²) in [4.78, 5) is 13.7. The van der Waals surface area contributed by atoms with Crippen LogP contribution in [-0.4, -0.2) is 22.8 Å². The Morgan fingerprint density at radius 1 is 1.12 bits per heavy atom. The molecular formula is C21H23N4O+. The summed E-state index contributed by atoms with van der Waals surface area (Å²) in [7, 11) is 0. The Kier molecular flexibility index (Phi) is 4.54. The Morgan fingerprint density at radius 3 is 2.54 bits per heavy atom. The Morgan fingerprint density at radius 2 is 1.81 bits per heavy atom. The Labute approximate surface area is 153 Å². The zero-order chi connectivity index (χ0) is 17.9. The van der Waals surface area contributed by atoms with E-state index in [4.69, 9.17) is 0 Å². The zero-order valence-corrected chi connectivity index (χ0v) is 14.8. The van der Waals surface area contributed by atoms with Gasteiger partial charge in [-0.05, 0) is 12.5 Å². The second-order valence-corrected chi connectivity index (χ2v) is 6.78. The molecule has 0 bridgehead atoms. The van der Waals surface area contributed by atoms with Crippen LogP contribution in [0.15, 0.2) is 60.7 Å². The van der Waals surface area contributed by atoms with Gasteiger partial charge in [-0.25, -0.2) is 9.69 Å². The number of quaternary nitrogens is 1. The number of rotatable bonds is 3. The summed E-state index contributed by atoms with van der Waals surface area (Å²) >= 11 is 0. The lowest BCUT2D eigenvalue weighted by molar-refractivity contribution is -0.833. The third kappa shape index (κ3) is 3.26. The lowest BCUT2D eigenvalue weighted by Gasteiger charge is -2.24. The van der Waals surface area contributed by atoms with Gasteiger partial charge in [0.15, 0.2) is 0 Å². The molecule has 1 aromatic heterocycles. The number of urea groups is 1. The zero-order valence-electron chi connectivity index (χ0n) is 14.8. The number of nitrogens with zero attached hydrogens (tertiary/aromatic N) is 1. The van der Waals surface area contributed by atoms with Crippen molar-refractivity contribution in [2.75, 3.05) is 6.54 Å². The first-order chi connectivity index (χ1) is 12.7. The van der Waals surface area contributed by atoms with Gasteiger partial charge in [-0.15, -0.1) is 0 Å². The molecule has 2 heterocycles. The van der Waals surface area contributed by atoms with Gasteiger partial charge in [0, 0.05) is 12.0 Å². The van der Waals surface area contributed by atoms with Crippen LogP contribution < -0.4 is 10.2 Å². The Balaban J connectivity index is 1.50. The first-order valence-corrected chi connectivity index (χ1v) is 9.04. The molecule has 5 nitrogen and oxygen atoms in total. The highest BCUT2D eigenvalue weighted by atomic mass is 16.2. The van der Waals surface area contributed by atoms with Crippen LogP contribution in [0.2, 0.25) is 0 Å². The molecule has 0 saturated heterocycles. The average Bonchev–Trinajstić information content (AvgIpc) is 3.12. The molecule has 2 aromatic carbocycles. The van der Waals surface area contributed by atoms with Crippen molar-refractivity contribution >= 4 is 6.03 Å². The van der Waals surface area contributed by atoms with Gasteiger partial charge in [0.25, 0.3) is 0 Å². The standard InChI is InChI=1S/C21H22N4O/c1-15(16-8-4-2-5-9-16)22-21(26)25-13-12-19-18(14-25)20(24-23-19)17-10-6-3-7-11-17/h2-11,15H,12-14H2,1H3,(H,22,26)(H,23,24)/p+1. The van der Waals surface area contributed by atoms with Crippen LogP contribution in [0, 0.1) is 0 Å². The largest absolute Gasteiger partial charge is 0.415 e. The average molecular weight is 347 g/mol. The first kappa shape index (κ1) is 16.5. The number of carbonyl (C=O) groups is 1. The van der Waals surface area contributed by atoms with Crippen molar-refractivity contribution in [3.8, 4) is 11.3 Å². The molecule has 2 unspecified atom stereocenters. The van der Waals surface area contributed by atoms with E-state index in [9.17, 15) is 4.79 Å². The molecule has 0 aliphatic carbocycles. The van der Waals surface area contributed by atoms with Crippen molar-refractivity contribution in [1.29, 1.82) is 0 Å². The predicted molar refractivity (Wildman–Crippen MR) is 101 cm³/mol. The number of aromatic nitrogens is 2. The number of carbonyl (C=O) groups excluding carboxylic acids is 1. The smallest absolute Gasteiger partial charge is 0.299 e. The second-order valence-electron chi connectivity index (χ2n) is 6.78. The van der Waals surface area contributed by atoms with E-state index in [-0.39, 0.29) is 12.1 Å². The van der Waals surface area contributed by atoms with E-state index in [2.05, 4.69) is 27.6 Å². The summed E-state index contributed by atoms with van der Waals surface area (Å²) < 4.78 is 0. The number of H-pyrrole nitrogens is 1. The van der Waals surface area contributed by atoms with E-state index in [0.29, 0.717) is 6.54 Å². The molecule has 0 saturated carbocycles. The van der Waals surface area contributed by atoms with E-state index in [1.807, 2.05) is 55.5 Å². The number of fused-ring (bicyclic) bond motifs is 1. The lowest BCUT2D eigenvalue weighted by Crippen LogP contribution is -3.15. The van der Waals surface area contributed by atoms with Gasteiger partial charge < -0.3 is 0 Å². The van der Waals surface area contributed by atoms with Gasteiger partial charge in [0.2, 0.25) is 0 Å². The van der Waals surface area contributed by atoms with Crippen LogP contribution in [0.5, 0.6) is 0 Å². The maximum Gasteiger partial charge on any atom is 0.415 e. The first-order valence-electron chi connectivity index (χ1n) is 9.04. The lowest BCUT2D eigenvalue weighted by atomic mass is 10.0. The monoisotopic (exact) mass is 347 g/mol. The van der Waals surface area contributed by atoms with Crippen LogP contribution in [0.3, 0.4) is 0 Å². The van der Waals surface area contributed by atoms with Crippen molar-refractivity contribution in [3.05, 3.63) is 77.5 Å². The molecule has 2 amide bonds. The van der Waals surface area contributed by atoms with Crippen LogP contribution in [0.4, 0.5) is 4.79 Å². The number of hydrogen-bond donors (Lipinski definition) is 3. The molecule has 0 fully saturated rings. The minimum atomic E-state index is -0.00413. The molecule has 3 N–H and O–H groups in total. The molecule has 132 valence electrons. The molecule has 0 radical (unpaired) electrons. The third-order valence-corrected chi connectivity index (χ3v) is 5.04. The molecular weight excluding hydrogens is 324 g/mol. The molecule has 3 aromatic rings. The number of nitrogens with one attached hydrogen (secondary N) is 3. The molecule has 1 aliphatic rings. The maximum absolute atomic E-state index is 12.8. The van der Waals surface area contributed by atoms with Crippen molar-refractivity contribution in [1.82, 2.24) is 15.5 Å². The van der Waals surface area contributed by atoms with Crippen molar-refractivity contribution in [2.45, 2.75) is 25.9 Å². The highest BCUT2D eigenvalue weighted by molar-refractivity contribution is 5.67. The van der Waals surface area contributed by atoms with Crippen LogP contribution in [0.25, 0.3) is 11.3 Å². The fourth-order valence-corrected chi connectivity index (χ4v) is 3.53. The molecule has 4 rings (SSSR count). The Bertz CT molecular complexity index is 889. The molecule has 2 atom stereocenters. The van der Waals surface area contributed by atoms with Gasteiger partial charge in [0.05, 0.1) is 23.8 Å². The molecule has 5 heteroatoms. The van der Waals surface area contributed by atoms with Crippen molar-refractivity contribution in [3.63, 3.8) is 0 Å². The summed E-state index contributed by atoms with van der Waals surface area (Å²) in [5, 5.41) is 10.8. The van der Waals surface area contributed by atoms with E-state index in [1.54, 1.807) is 0 Å². The second kappa shape index (κ2) is 7.14. The minimum absolute atomic E-state index is 0.00413. The van der Waals surface area contributed by atoms with E-state index in [1.165, 1.54) is 0 Å². The highest BCUT2D eigenvalue weighted by Crippen LogP contribution is 2.24. The summed E-state index contributed by atoms with van der Waals surface area (Å²) in [6.45, 7) is 3.45. The normalized spacial score (nSPS) is 17.3. The van der Waals surface area contributed by atoms with Crippen LogP contribution in [0.1, 0.15) is 29.8 Å². The summed E-state index contributed by atoms with van der Waals surface area (Å²) in [6, 6.07) is 20.2. The number of benzene rings is 2. The SMILES string of the molecule is CC(NC(=O)[NH+]1CCc2[nH]nc(-c3ccccc3)c2C1)c1ccccc1. The van der Waals surface area contributed by atoms with Crippen LogP contribution >= 0.6 is 0 Å². The summed E-state index contributed by atoms with van der Waals surface area (Å²) in [5.41, 5.74) is 5.47. The number of aromatic amines is 1. The van der Waals surface area contributed by atoms with Gasteiger partial charge >= 0.3 is 6.03 Å². The van der Waals surface area contributed by atoms with Crippen LogP contribution in [-0.2, 0) is 13.0 Å². The van der Waals surface area contributed by atoms with E-state index < -0.39 is 0 Å². The molecule has 26 heavy (non-hydrogen) atoms. The minimum Gasteiger partial charge on any atom is -0.299 e. The number of amides is 2. The fraction of sp³-hybridized carbons (Fsp3) is 0.238.